The number of nitrogens with one attached hydrogen (secondary N) is 2. The Hall–Kier alpha value is -1.29. The topological polar surface area (TPSA) is 65.1 Å². The van der Waals surface area contributed by atoms with Gasteiger partial charge >= 0.3 is 0 Å². The standard InChI is InChI=1S/C9H14N2O2/c1-7(12)9(13)11-6-4-8-3-2-5-10-8/h2-3,5,7,10,12H,4,6H2,1H3,(H,11,13). The Morgan fingerprint density at radius 1 is 1.77 bits per heavy atom. The minimum Gasteiger partial charge on any atom is -0.384 e. The van der Waals surface area contributed by atoms with Crippen molar-refractivity contribution in [3.8, 4) is 0 Å². The van der Waals surface area contributed by atoms with Crippen LogP contribution in [0.2, 0.25) is 0 Å². The lowest BCUT2D eigenvalue weighted by Crippen LogP contribution is -2.33. The summed E-state index contributed by atoms with van der Waals surface area (Å²) in [5.74, 6) is -0.327. The number of carbonyl (C=O) groups excluding carboxylic acids is 1. The van der Waals surface area contributed by atoms with Crippen molar-refractivity contribution in [2.75, 3.05) is 6.54 Å². The highest BCUT2D eigenvalue weighted by Crippen LogP contribution is 1.93. The molecule has 0 aliphatic carbocycles. The van der Waals surface area contributed by atoms with Gasteiger partial charge in [-0.3, -0.25) is 4.79 Å². The lowest BCUT2D eigenvalue weighted by Gasteiger charge is -2.05. The first-order valence-electron chi connectivity index (χ1n) is 4.28. The van der Waals surface area contributed by atoms with Crippen LogP contribution in [0, 0.1) is 0 Å². The molecule has 1 atom stereocenters. The molecule has 1 rings (SSSR count). The molecular formula is C9H14N2O2. The zero-order valence-corrected chi connectivity index (χ0v) is 7.58. The van der Waals surface area contributed by atoms with Gasteiger partial charge in [0.2, 0.25) is 5.91 Å². The molecule has 1 aromatic rings. The molecule has 0 aliphatic rings. The molecule has 0 saturated carbocycles. The normalized spacial score (nSPS) is 12.5. The third-order valence-electron chi connectivity index (χ3n) is 1.74. The van der Waals surface area contributed by atoms with Gasteiger partial charge in [-0.05, 0) is 19.1 Å². The molecule has 1 amide bonds. The van der Waals surface area contributed by atoms with E-state index in [4.69, 9.17) is 5.11 Å². The van der Waals surface area contributed by atoms with E-state index in [1.54, 1.807) is 0 Å². The number of aromatic amines is 1. The first-order valence-corrected chi connectivity index (χ1v) is 4.28. The van der Waals surface area contributed by atoms with Crippen molar-refractivity contribution in [3.05, 3.63) is 24.0 Å². The molecule has 4 heteroatoms. The molecule has 0 spiro atoms. The molecule has 0 saturated heterocycles. The SMILES string of the molecule is CC(O)C(=O)NCCc1ccc[nH]1. The van der Waals surface area contributed by atoms with E-state index < -0.39 is 6.10 Å². The molecule has 3 N–H and O–H groups in total. The molecule has 1 aromatic heterocycles. The summed E-state index contributed by atoms with van der Waals surface area (Å²) >= 11 is 0. The van der Waals surface area contributed by atoms with Crippen molar-refractivity contribution < 1.29 is 9.90 Å². The molecule has 0 bridgehead atoms. The second-order valence-electron chi connectivity index (χ2n) is 2.91. The number of H-pyrrole nitrogens is 1. The summed E-state index contributed by atoms with van der Waals surface area (Å²) in [6.45, 7) is 1.99. The Balaban J connectivity index is 2.18. The average molecular weight is 182 g/mol. The lowest BCUT2D eigenvalue weighted by atomic mass is 10.3. The molecule has 72 valence electrons. The van der Waals surface area contributed by atoms with Crippen LogP contribution in [0.5, 0.6) is 0 Å². The number of aliphatic hydroxyl groups excluding tert-OH is 1. The highest BCUT2D eigenvalue weighted by Gasteiger charge is 2.06. The Bertz CT molecular complexity index is 255. The first kappa shape index (κ1) is 9.80. The maximum atomic E-state index is 10.9. The maximum Gasteiger partial charge on any atom is 0.248 e. The number of amides is 1. The Labute approximate surface area is 77.0 Å². The highest BCUT2D eigenvalue weighted by atomic mass is 16.3. The van der Waals surface area contributed by atoms with Gasteiger partial charge in [0.15, 0.2) is 0 Å². The monoisotopic (exact) mass is 182 g/mol. The molecule has 1 heterocycles. The minimum absolute atomic E-state index is 0.327. The van der Waals surface area contributed by atoms with Crippen LogP contribution >= 0.6 is 0 Å². The fourth-order valence-corrected chi connectivity index (χ4v) is 0.991. The zero-order chi connectivity index (χ0) is 9.68. The smallest absolute Gasteiger partial charge is 0.248 e. The summed E-state index contributed by atoms with van der Waals surface area (Å²) in [5, 5.41) is 11.5. The Kier molecular flexibility index (Phi) is 3.52. The summed E-state index contributed by atoms with van der Waals surface area (Å²) in [6, 6.07) is 3.86. The van der Waals surface area contributed by atoms with Crippen molar-refractivity contribution in [3.63, 3.8) is 0 Å². The number of carbonyl (C=O) groups is 1. The molecule has 0 radical (unpaired) electrons. The summed E-state index contributed by atoms with van der Waals surface area (Å²) < 4.78 is 0. The summed E-state index contributed by atoms with van der Waals surface area (Å²) in [6.07, 6.45) is 1.67. The van der Waals surface area contributed by atoms with Crippen LogP contribution in [0.4, 0.5) is 0 Å². The first-order chi connectivity index (χ1) is 6.20. The third-order valence-corrected chi connectivity index (χ3v) is 1.74. The highest BCUT2D eigenvalue weighted by molar-refractivity contribution is 5.79. The van der Waals surface area contributed by atoms with Gasteiger partial charge in [0.05, 0.1) is 0 Å². The van der Waals surface area contributed by atoms with E-state index in [2.05, 4.69) is 10.3 Å². The molecule has 4 nitrogen and oxygen atoms in total. The lowest BCUT2D eigenvalue weighted by molar-refractivity contribution is -0.128. The van der Waals surface area contributed by atoms with Crippen LogP contribution in [0.15, 0.2) is 18.3 Å². The molecule has 0 aliphatic heterocycles. The van der Waals surface area contributed by atoms with E-state index >= 15 is 0 Å². The van der Waals surface area contributed by atoms with Crippen LogP contribution in [0.3, 0.4) is 0 Å². The Morgan fingerprint density at radius 3 is 3.08 bits per heavy atom. The Morgan fingerprint density at radius 2 is 2.54 bits per heavy atom. The average Bonchev–Trinajstić information content (AvgIpc) is 2.56. The fraction of sp³-hybridized carbons (Fsp3) is 0.444. The van der Waals surface area contributed by atoms with Crippen LogP contribution in [-0.4, -0.2) is 28.6 Å². The molecule has 0 fully saturated rings. The van der Waals surface area contributed by atoms with E-state index in [-0.39, 0.29) is 5.91 Å². The van der Waals surface area contributed by atoms with Crippen molar-refractivity contribution in [1.29, 1.82) is 0 Å². The van der Waals surface area contributed by atoms with Gasteiger partial charge in [0.1, 0.15) is 6.10 Å². The van der Waals surface area contributed by atoms with E-state index in [1.165, 1.54) is 6.92 Å². The van der Waals surface area contributed by atoms with Gasteiger partial charge in [-0.1, -0.05) is 0 Å². The van der Waals surface area contributed by atoms with E-state index in [0.717, 1.165) is 12.1 Å². The quantitative estimate of drug-likeness (QED) is 0.616. The van der Waals surface area contributed by atoms with E-state index in [0.29, 0.717) is 6.54 Å². The fourth-order valence-electron chi connectivity index (χ4n) is 0.991. The molecular weight excluding hydrogens is 168 g/mol. The number of aliphatic hydroxyl groups is 1. The van der Waals surface area contributed by atoms with Gasteiger partial charge in [0, 0.05) is 24.9 Å². The third kappa shape index (κ3) is 3.29. The number of hydrogen-bond acceptors (Lipinski definition) is 2. The van der Waals surface area contributed by atoms with Gasteiger partial charge in [-0.2, -0.15) is 0 Å². The van der Waals surface area contributed by atoms with Crippen LogP contribution in [0.25, 0.3) is 0 Å². The maximum absolute atomic E-state index is 10.9. The number of rotatable bonds is 4. The van der Waals surface area contributed by atoms with E-state index in [9.17, 15) is 4.79 Å². The zero-order valence-electron chi connectivity index (χ0n) is 7.58. The summed E-state index contributed by atoms with van der Waals surface area (Å²) in [4.78, 5) is 13.9. The molecule has 13 heavy (non-hydrogen) atoms. The van der Waals surface area contributed by atoms with Crippen molar-refractivity contribution in [2.24, 2.45) is 0 Å². The van der Waals surface area contributed by atoms with Gasteiger partial charge < -0.3 is 15.4 Å². The van der Waals surface area contributed by atoms with Crippen molar-refractivity contribution in [2.45, 2.75) is 19.4 Å². The van der Waals surface area contributed by atoms with Crippen LogP contribution < -0.4 is 5.32 Å². The minimum atomic E-state index is -0.927. The van der Waals surface area contributed by atoms with Crippen LogP contribution in [-0.2, 0) is 11.2 Å². The summed E-state index contributed by atoms with van der Waals surface area (Å²) in [5.41, 5.74) is 1.07. The summed E-state index contributed by atoms with van der Waals surface area (Å²) in [7, 11) is 0. The molecule has 0 aromatic carbocycles. The predicted octanol–water partition coefficient (Wildman–Crippen LogP) is 0.0542. The second kappa shape index (κ2) is 4.67. The number of aromatic nitrogens is 1. The number of hydrogen-bond donors (Lipinski definition) is 3. The van der Waals surface area contributed by atoms with Gasteiger partial charge in [-0.25, -0.2) is 0 Å². The van der Waals surface area contributed by atoms with Gasteiger partial charge in [0.25, 0.3) is 0 Å². The van der Waals surface area contributed by atoms with Crippen LogP contribution in [0.1, 0.15) is 12.6 Å². The largest absolute Gasteiger partial charge is 0.384 e. The van der Waals surface area contributed by atoms with E-state index in [1.807, 2.05) is 18.3 Å². The predicted molar refractivity (Wildman–Crippen MR) is 49.2 cm³/mol. The van der Waals surface area contributed by atoms with Crippen molar-refractivity contribution in [1.82, 2.24) is 10.3 Å². The molecule has 1 unspecified atom stereocenters. The van der Waals surface area contributed by atoms with Gasteiger partial charge in [-0.15, -0.1) is 0 Å². The van der Waals surface area contributed by atoms with Crippen molar-refractivity contribution >= 4 is 5.91 Å². The second-order valence-corrected chi connectivity index (χ2v) is 2.91.